The van der Waals surface area contributed by atoms with E-state index in [2.05, 4.69) is 65.4 Å². The van der Waals surface area contributed by atoms with Crippen molar-refractivity contribution in [3.63, 3.8) is 0 Å². The average molecular weight is 1080 g/mol. The molecule has 2 N–H and O–H groups in total. The second-order valence-corrected chi connectivity index (χ2v) is 28.1. The van der Waals surface area contributed by atoms with E-state index in [1.807, 2.05) is 48.5 Å². The van der Waals surface area contributed by atoms with E-state index in [1.165, 1.54) is 0 Å². The first-order chi connectivity index (χ1) is 38.1. The van der Waals surface area contributed by atoms with Crippen molar-refractivity contribution in [3.05, 3.63) is 48.5 Å². The zero-order valence-corrected chi connectivity index (χ0v) is 46.9. The van der Waals surface area contributed by atoms with Crippen molar-refractivity contribution < 1.29 is 37.9 Å². The first-order valence-electron chi connectivity index (χ1n) is 29.2. The fourth-order valence-corrected chi connectivity index (χ4v) is 14.2. The lowest BCUT2D eigenvalue weighted by Crippen LogP contribution is -2.44. The molecule has 9 heterocycles. The zero-order chi connectivity index (χ0) is 54.1. The van der Waals surface area contributed by atoms with Crippen molar-refractivity contribution in [1.82, 2.24) is 39.9 Å². The molecule has 16 heteroatoms. The zero-order valence-electron chi connectivity index (χ0n) is 46.9. The van der Waals surface area contributed by atoms with Crippen LogP contribution in [0.15, 0.2) is 48.5 Å². The molecular formula is C64H66N8O8. The topological polar surface area (TPSA) is 183 Å². The summed E-state index contributed by atoms with van der Waals surface area (Å²) < 4.78 is 54.8. The van der Waals surface area contributed by atoms with Gasteiger partial charge in [0.1, 0.15) is 22.6 Å². The number of aromatic amines is 2. The van der Waals surface area contributed by atoms with Gasteiger partial charge in [0.05, 0.1) is 0 Å². The molecule has 410 valence electrons. The number of hydrogen-bond donors (Lipinski definition) is 2. The van der Waals surface area contributed by atoms with Gasteiger partial charge < -0.3 is 47.9 Å². The number of ether oxygens (including phenoxy) is 8. The van der Waals surface area contributed by atoms with E-state index >= 15 is 0 Å². The Labute approximate surface area is 463 Å². The molecule has 0 unspecified atom stereocenters. The van der Waals surface area contributed by atoms with Gasteiger partial charge in [-0.2, -0.15) is 0 Å². The van der Waals surface area contributed by atoms with Gasteiger partial charge in [0.25, 0.3) is 23.1 Å². The molecule has 7 aromatic rings. The first-order valence-corrected chi connectivity index (χ1v) is 29.2. The Balaban J connectivity index is 0.902. The number of nitrogens with zero attached hydrogens (tertiary/aromatic N) is 6. The summed E-state index contributed by atoms with van der Waals surface area (Å²) in [4.78, 5) is 39.7. The van der Waals surface area contributed by atoms with Crippen LogP contribution in [-0.4, -0.2) is 63.0 Å². The number of hydrogen-bond acceptors (Lipinski definition) is 14. The van der Waals surface area contributed by atoms with Crippen molar-refractivity contribution in [2.24, 2.45) is 21.7 Å². The molecule has 0 saturated heterocycles. The molecule has 4 aliphatic carbocycles. The minimum absolute atomic E-state index is 0.212. The quantitative estimate of drug-likeness (QED) is 0.146. The second-order valence-electron chi connectivity index (χ2n) is 28.1. The molecule has 4 aromatic carbocycles. The molecule has 0 amide bonds. The molecule has 8 bridgehead atoms. The summed E-state index contributed by atoms with van der Waals surface area (Å²) in [6.07, 6.45) is 14.2. The maximum Gasteiger partial charge on any atom is 0.251 e. The highest BCUT2D eigenvalue weighted by atomic mass is 16.8. The molecule has 0 atom stereocenters. The highest BCUT2D eigenvalue weighted by Crippen LogP contribution is 2.57. The van der Waals surface area contributed by atoms with Crippen molar-refractivity contribution in [3.8, 4) is 91.5 Å². The number of H-pyrrole nitrogens is 2. The van der Waals surface area contributed by atoms with Crippen LogP contribution in [0.2, 0.25) is 0 Å². The first kappa shape index (κ1) is 47.4. The van der Waals surface area contributed by atoms with Crippen LogP contribution < -0.4 is 37.9 Å². The molecule has 17 rings (SSSR count). The monoisotopic (exact) mass is 1070 g/mol. The van der Waals surface area contributed by atoms with Crippen molar-refractivity contribution in [2.45, 2.75) is 181 Å². The molecule has 4 saturated carbocycles. The van der Waals surface area contributed by atoms with Gasteiger partial charge in [-0.05, 0) is 122 Å². The number of benzene rings is 4. The Bertz CT molecular complexity index is 3610. The number of nitrogens with one attached hydrogen (secondary N) is 2. The summed E-state index contributed by atoms with van der Waals surface area (Å²) in [5, 5.41) is 3.16. The van der Waals surface area contributed by atoms with Gasteiger partial charge in [0.15, 0.2) is 69.3 Å². The summed E-state index contributed by atoms with van der Waals surface area (Å²) in [6, 6.07) is 16.3. The van der Waals surface area contributed by atoms with Crippen LogP contribution in [0.4, 0.5) is 0 Å². The Hall–Kier alpha value is -7.36. The van der Waals surface area contributed by atoms with Crippen molar-refractivity contribution in [1.29, 1.82) is 0 Å². The van der Waals surface area contributed by atoms with E-state index in [0.29, 0.717) is 91.9 Å². The van der Waals surface area contributed by atoms with Crippen LogP contribution in [0.1, 0.15) is 158 Å². The SMILES string of the molecule is CC1(C)CCC2(CC1)Oc1cc3c(cc1O2)-c1nc-3nc2[nH]c(nc3nc(nc4[nH]c(n1)c1cc5c(cc41)OC1(CCC(C)(C)CC1)O5)-c1cc4c(cc1-3)OC1(CCC(C)(C)CC1)O4)c1cc3c(cc21)OC1(CCC(C)(C)CC1)O3. The Kier molecular flexibility index (Phi) is 9.10. The van der Waals surface area contributed by atoms with E-state index in [4.69, 9.17) is 67.8 Å². The molecule has 0 radical (unpaired) electrons. The van der Waals surface area contributed by atoms with Gasteiger partial charge in [-0.1, -0.05) is 55.4 Å². The highest BCUT2D eigenvalue weighted by molar-refractivity contribution is 6.08. The Morgan fingerprint density at radius 3 is 0.650 bits per heavy atom. The molecule has 3 aromatic heterocycles. The van der Waals surface area contributed by atoms with Gasteiger partial charge in [0, 0.05) is 95.2 Å². The standard InChI is InChI=1S/C64H66N8O8/c1-57(2)9-17-61(18-10-57)73-41-25-33-34(26-42(41)74-61)50-65-49(33)69-51-35-27-43-45(77-62(75-43)19-11-58(3,4)12-20-62)29-37(35)53(66-51)71-55-39-31-47-48(80-64(79-47)23-15-60(7,8)16-24-64)32-40(39)56(68-55)72-54-38-30-46-44(28-36(38)52(67-54)70-50)76-63(78-46)21-13-59(5,6)14-22-63/h25-32H,9-24H2,1-8H3,(H2,65,66,67,68,69,70,71,72). The van der Waals surface area contributed by atoms with Crippen LogP contribution in [0.25, 0.3) is 89.7 Å². The molecule has 16 nitrogen and oxygen atoms in total. The minimum atomic E-state index is -0.740. The minimum Gasteiger partial charge on any atom is -0.448 e. The Morgan fingerprint density at radius 2 is 0.450 bits per heavy atom. The number of rotatable bonds is 0. The van der Waals surface area contributed by atoms with Crippen molar-refractivity contribution >= 4 is 44.1 Å². The highest BCUT2D eigenvalue weighted by Gasteiger charge is 2.51. The fourth-order valence-electron chi connectivity index (χ4n) is 14.2. The summed E-state index contributed by atoms with van der Waals surface area (Å²) in [5.41, 5.74) is 6.06. The van der Waals surface area contributed by atoms with E-state index in [-0.39, 0.29) is 21.7 Å². The molecule has 6 aliphatic heterocycles. The molecular weight excluding hydrogens is 1010 g/mol. The largest absolute Gasteiger partial charge is 0.448 e. The van der Waals surface area contributed by atoms with Crippen molar-refractivity contribution in [2.75, 3.05) is 0 Å². The summed E-state index contributed by atoms with van der Waals surface area (Å²) in [6.45, 7) is 18.6. The van der Waals surface area contributed by atoms with Crippen LogP contribution >= 0.6 is 0 Å². The van der Waals surface area contributed by atoms with Gasteiger partial charge in [-0.3, -0.25) is 0 Å². The molecule has 10 aliphatic rings. The lowest BCUT2D eigenvalue weighted by molar-refractivity contribution is -0.123. The van der Waals surface area contributed by atoms with Crippen LogP contribution in [-0.2, 0) is 0 Å². The van der Waals surface area contributed by atoms with Crippen LogP contribution in [0.3, 0.4) is 0 Å². The predicted octanol–water partition coefficient (Wildman–Crippen LogP) is 15.1. The average Bonchev–Trinajstić information content (AvgIpc) is 4.37. The molecule has 4 spiro atoms. The molecule has 4 fully saturated rings. The summed E-state index contributed by atoms with van der Waals surface area (Å²) >= 11 is 0. The molecule has 80 heavy (non-hydrogen) atoms. The summed E-state index contributed by atoms with van der Waals surface area (Å²) in [7, 11) is 0. The van der Waals surface area contributed by atoms with Crippen LogP contribution in [0.5, 0.6) is 46.0 Å². The second kappa shape index (κ2) is 15.3. The van der Waals surface area contributed by atoms with Gasteiger partial charge >= 0.3 is 0 Å². The van der Waals surface area contributed by atoms with E-state index in [1.54, 1.807) is 0 Å². The summed E-state index contributed by atoms with van der Waals surface area (Å²) in [5.74, 6) is 4.20. The van der Waals surface area contributed by atoms with E-state index in [9.17, 15) is 0 Å². The lowest BCUT2D eigenvalue weighted by atomic mass is 9.75. The normalized spacial score (nSPS) is 23.3. The number of fused-ring (bicyclic) bond motifs is 24. The predicted molar refractivity (Wildman–Crippen MR) is 301 cm³/mol. The maximum atomic E-state index is 6.85. The van der Waals surface area contributed by atoms with E-state index in [0.717, 1.165) is 147 Å². The number of aromatic nitrogens is 8. The maximum absolute atomic E-state index is 6.85. The third kappa shape index (κ3) is 7.30. The van der Waals surface area contributed by atoms with Crippen LogP contribution in [0, 0.1) is 21.7 Å². The lowest BCUT2D eigenvalue weighted by Gasteiger charge is -2.39. The smallest absolute Gasteiger partial charge is 0.251 e. The third-order valence-corrected chi connectivity index (χ3v) is 19.9. The van der Waals surface area contributed by atoms with Gasteiger partial charge in [-0.25, -0.2) is 29.9 Å². The van der Waals surface area contributed by atoms with E-state index < -0.39 is 23.1 Å². The third-order valence-electron chi connectivity index (χ3n) is 19.9. The Morgan fingerprint density at radius 1 is 0.263 bits per heavy atom. The fraction of sp³-hybridized carbons (Fsp3) is 0.500. The van der Waals surface area contributed by atoms with Gasteiger partial charge in [-0.15, -0.1) is 0 Å². The van der Waals surface area contributed by atoms with Gasteiger partial charge in [0.2, 0.25) is 0 Å².